The van der Waals surface area contributed by atoms with E-state index in [1.807, 2.05) is 0 Å². The molecular weight excluding hydrogens is 146 g/mol. The lowest BCUT2D eigenvalue weighted by Crippen LogP contribution is -2.48. The first-order valence-corrected chi connectivity index (χ1v) is 3.73. The number of amides is 1. The molecular formula is C7H13NO3. The van der Waals surface area contributed by atoms with Crippen molar-refractivity contribution in [3.63, 3.8) is 0 Å². The average Bonchev–Trinajstić information content (AvgIpc) is 1.93. The largest absolute Gasteiger partial charge is 0.389 e. The number of aliphatic hydroxyl groups excluding tert-OH is 1. The van der Waals surface area contributed by atoms with Crippen molar-refractivity contribution in [1.82, 2.24) is 5.32 Å². The van der Waals surface area contributed by atoms with Crippen molar-refractivity contribution in [2.75, 3.05) is 13.2 Å². The molecule has 0 spiro atoms. The lowest BCUT2D eigenvalue weighted by Gasteiger charge is -2.27. The third-order valence-electron chi connectivity index (χ3n) is 1.71. The van der Waals surface area contributed by atoms with Crippen molar-refractivity contribution in [2.24, 2.45) is 0 Å². The Morgan fingerprint density at radius 3 is 3.00 bits per heavy atom. The van der Waals surface area contributed by atoms with Crippen molar-refractivity contribution >= 4 is 5.91 Å². The highest BCUT2D eigenvalue weighted by molar-refractivity contribution is 5.73. The van der Waals surface area contributed by atoms with Crippen molar-refractivity contribution in [3.05, 3.63) is 0 Å². The van der Waals surface area contributed by atoms with Gasteiger partial charge in [0.25, 0.3) is 0 Å². The molecule has 0 aliphatic carbocycles. The number of nitrogens with one attached hydrogen (secondary N) is 1. The average molecular weight is 159 g/mol. The van der Waals surface area contributed by atoms with Gasteiger partial charge in [-0.25, -0.2) is 0 Å². The second kappa shape index (κ2) is 3.69. The smallest absolute Gasteiger partial charge is 0.217 e. The van der Waals surface area contributed by atoms with E-state index in [0.717, 1.165) is 0 Å². The standard InChI is InChI=1S/C7H13NO3/c1-5(9)8-6-2-3-11-4-7(6)10/h6-7,10H,2-4H2,1H3,(H,8,9). The minimum absolute atomic E-state index is 0.101. The summed E-state index contributed by atoms with van der Waals surface area (Å²) in [6.07, 6.45) is 0.147. The first kappa shape index (κ1) is 8.49. The molecule has 2 atom stereocenters. The summed E-state index contributed by atoms with van der Waals surface area (Å²) in [5.41, 5.74) is 0. The summed E-state index contributed by atoms with van der Waals surface area (Å²) in [4.78, 5) is 10.6. The van der Waals surface area contributed by atoms with Crippen molar-refractivity contribution in [3.8, 4) is 0 Å². The normalized spacial score (nSPS) is 31.5. The Kier molecular flexibility index (Phi) is 2.84. The summed E-state index contributed by atoms with van der Waals surface area (Å²) in [6.45, 7) is 2.38. The molecule has 4 nitrogen and oxygen atoms in total. The molecule has 1 rings (SSSR count). The van der Waals surface area contributed by atoms with Gasteiger partial charge in [0.1, 0.15) is 0 Å². The minimum atomic E-state index is -0.548. The van der Waals surface area contributed by atoms with E-state index in [4.69, 9.17) is 4.74 Å². The number of hydrogen-bond donors (Lipinski definition) is 2. The Morgan fingerprint density at radius 1 is 1.73 bits per heavy atom. The second-order valence-electron chi connectivity index (χ2n) is 2.74. The molecule has 1 aliphatic rings. The van der Waals surface area contributed by atoms with Gasteiger partial charge in [0, 0.05) is 13.5 Å². The highest BCUT2D eigenvalue weighted by atomic mass is 16.5. The fraction of sp³-hybridized carbons (Fsp3) is 0.857. The van der Waals surface area contributed by atoms with Crippen LogP contribution in [-0.4, -0.2) is 36.4 Å². The third kappa shape index (κ3) is 2.48. The van der Waals surface area contributed by atoms with Gasteiger partial charge in [-0.2, -0.15) is 0 Å². The zero-order valence-corrected chi connectivity index (χ0v) is 6.54. The molecule has 64 valence electrons. The van der Waals surface area contributed by atoms with Gasteiger partial charge < -0.3 is 15.2 Å². The van der Waals surface area contributed by atoms with Gasteiger partial charge in [-0.15, -0.1) is 0 Å². The molecule has 1 fully saturated rings. The predicted molar refractivity (Wildman–Crippen MR) is 39.0 cm³/mol. The molecule has 0 aromatic heterocycles. The van der Waals surface area contributed by atoms with E-state index in [2.05, 4.69) is 5.32 Å². The van der Waals surface area contributed by atoms with Crippen molar-refractivity contribution < 1.29 is 14.6 Å². The number of hydrogen-bond acceptors (Lipinski definition) is 3. The number of carbonyl (C=O) groups excluding carboxylic acids is 1. The van der Waals surface area contributed by atoms with Crippen LogP contribution in [0.2, 0.25) is 0 Å². The van der Waals surface area contributed by atoms with E-state index in [1.165, 1.54) is 6.92 Å². The van der Waals surface area contributed by atoms with Gasteiger partial charge in [-0.05, 0) is 6.42 Å². The molecule has 0 bridgehead atoms. The molecule has 2 unspecified atom stereocenters. The molecule has 1 aliphatic heterocycles. The lowest BCUT2D eigenvalue weighted by atomic mass is 10.1. The molecule has 0 radical (unpaired) electrons. The van der Waals surface area contributed by atoms with Crippen LogP contribution < -0.4 is 5.32 Å². The van der Waals surface area contributed by atoms with Crippen LogP contribution in [0.1, 0.15) is 13.3 Å². The summed E-state index contributed by atoms with van der Waals surface area (Å²) >= 11 is 0. The van der Waals surface area contributed by atoms with E-state index in [0.29, 0.717) is 19.6 Å². The fourth-order valence-corrected chi connectivity index (χ4v) is 1.15. The zero-order valence-electron chi connectivity index (χ0n) is 6.54. The third-order valence-corrected chi connectivity index (χ3v) is 1.71. The SMILES string of the molecule is CC(=O)NC1CCOCC1O. The Morgan fingerprint density at radius 2 is 2.45 bits per heavy atom. The van der Waals surface area contributed by atoms with Crippen LogP contribution in [-0.2, 0) is 9.53 Å². The number of carbonyl (C=O) groups is 1. The van der Waals surface area contributed by atoms with E-state index >= 15 is 0 Å². The van der Waals surface area contributed by atoms with Gasteiger partial charge in [-0.1, -0.05) is 0 Å². The Hall–Kier alpha value is -0.610. The van der Waals surface area contributed by atoms with Crippen molar-refractivity contribution in [1.29, 1.82) is 0 Å². The fourth-order valence-electron chi connectivity index (χ4n) is 1.15. The number of rotatable bonds is 1. The molecule has 2 N–H and O–H groups in total. The highest BCUT2D eigenvalue weighted by Crippen LogP contribution is 2.06. The van der Waals surface area contributed by atoms with Crippen LogP contribution in [0.4, 0.5) is 0 Å². The van der Waals surface area contributed by atoms with Crippen LogP contribution >= 0.6 is 0 Å². The van der Waals surface area contributed by atoms with Crippen LogP contribution in [0, 0.1) is 0 Å². The lowest BCUT2D eigenvalue weighted by molar-refractivity contribution is -0.122. The molecule has 0 aromatic rings. The maximum absolute atomic E-state index is 10.6. The molecule has 1 amide bonds. The molecule has 1 saturated heterocycles. The molecule has 1 heterocycles. The van der Waals surface area contributed by atoms with Gasteiger partial charge in [0.15, 0.2) is 0 Å². The summed E-state index contributed by atoms with van der Waals surface area (Å²) in [5, 5.41) is 11.9. The Bertz CT molecular complexity index is 149. The summed E-state index contributed by atoms with van der Waals surface area (Å²) in [5.74, 6) is -0.101. The molecule has 0 aromatic carbocycles. The first-order chi connectivity index (χ1) is 5.20. The van der Waals surface area contributed by atoms with Crippen LogP contribution in [0.15, 0.2) is 0 Å². The second-order valence-corrected chi connectivity index (χ2v) is 2.74. The first-order valence-electron chi connectivity index (χ1n) is 3.73. The van der Waals surface area contributed by atoms with E-state index < -0.39 is 6.10 Å². The quantitative estimate of drug-likeness (QED) is 0.530. The minimum Gasteiger partial charge on any atom is -0.389 e. The van der Waals surface area contributed by atoms with Crippen LogP contribution in [0.5, 0.6) is 0 Å². The molecule has 11 heavy (non-hydrogen) atoms. The monoisotopic (exact) mass is 159 g/mol. The van der Waals surface area contributed by atoms with E-state index in [-0.39, 0.29) is 11.9 Å². The maximum atomic E-state index is 10.6. The van der Waals surface area contributed by atoms with Gasteiger partial charge in [0.05, 0.1) is 18.8 Å². The number of ether oxygens (including phenoxy) is 1. The highest BCUT2D eigenvalue weighted by Gasteiger charge is 2.23. The molecule has 0 saturated carbocycles. The van der Waals surface area contributed by atoms with Gasteiger partial charge in [-0.3, -0.25) is 4.79 Å². The zero-order chi connectivity index (χ0) is 8.27. The summed E-state index contributed by atoms with van der Waals surface area (Å²) < 4.78 is 4.99. The Labute approximate surface area is 65.5 Å². The van der Waals surface area contributed by atoms with Gasteiger partial charge >= 0.3 is 0 Å². The van der Waals surface area contributed by atoms with Gasteiger partial charge in [0.2, 0.25) is 5.91 Å². The van der Waals surface area contributed by atoms with E-state index in [1.54, 1.807) is 0 Å². The maximum Gasteiger partial charge on any atom is 0.217 e. The van der Waals surface area contributed by atoms with Crippen molar-refractivity contribution in [2.45, 2.75) is 25.5 Å². The Balaban J connectivity index is 2.35. The van der Waals surface area contributed by atoms with Crippen LogP contribution in [0.3, 0.4) is 0 Å². The number of aliphatic hydroxyl groups is 1. The topological polar surface area (TPSA) is 58.6 Å². The molecule has 4 heteroatoms. The summed E-state index contributed by atoms with van der Waals surface area (Å²) in [6, 6.07) is -0.124. The predicted octanol–water partition coefficient (Wildman–Crippen LogP) is -0.728. The summed E-state index contributed by atoms with van der Waals surface area (Å²) in [7, 11) is 0. The van der Waals surface area contributed by atoms with Crippen LogP contribution in [0.25, 0.3) is 0 Å². The van der Waals surface area contributed by atoms with E-state index in [9.17, 15) is 9.90 Å².